The molecule has 0 radical (unpaired) electrons. The third kappa shape index (κ3) is 5.16. The van der Waals surface area contributed by atoms with Gasteiger partial charge in [0, 0.05) is 18.6 Å². The van der Waals surface area contributed by atoms with E-state index in [-0.39, 0.29) is 24.2 Å². The Hall–Kier alpha value is -1.70. The van der Waals surface area contributed by atoms with Crippen LogP contribution in [0.15, 0.2) is 0 Å². The number of carbonyl (C=O) groups is 1. The Morgan fingerprint density at radius 1 is 1.48 bits per heavy atom. The summed E-state index contributed by atoms with van der Waals surface area (Å²) in [5, 5.41) is 17.5. The molecule has 3 atom stereocenters. The van der Waals surface area contributed by atoms with E-state index in [1.165, 1.54) is 0 Å². The molecule has 8 nitrogen and oxygen atoms in total. The van der Waals surface area contributed by atoms with Crippen molar-refractivity contribution in [2.45, 2.75) is 77.6 Å². The Morgan fingerprint density at radius 2 is 2.22 bits per heavy atom. The van der Waals surface area contributed by atoms with Crippen molar-refractivity contribution in [3.05, 3.63) is 5.82 Å². The summed E-state index contributed by atoms with van der Waals surface area (Å²) in [4.78, 5) is 14.2. The summed E-state index contributed by atoms with van der Waals surface area (Å²) in [5.41, 5.74) is -0.457. The molecule has 0 aromatic carbocycles. The van der Waals surface area contributed by atoms with E-state index in [9.17, 15) is 4.79 Å². The molecule has 8 heteroatoms. The topological polar surface area (TPSA) is 96.0 Å². The van der Waals surface area contributed by atoms with Crippen LogP contribution >= 0.6 is 0 Å². The van der Waals surface area contributed by atoms with Crippen LogP contribution in [0.1, 0.15) is 65.7 Å². The minimum Gasteiger partial charge on any atom is -0.444 e. The quantitative estimate of drug-likeness (QED) is 0.860. The SMILES string of the molecule is CC(CC1CCCN1C(=O)OC(C)(C)C)NC(C)c1nn[nH]n1. The third-order valence-corrected chi connectivity index (χ3v) is 3.91. The van der Waals surface area contributed by atoms with Gasteiger partial charge < -0.3 is 15.0 Å². The summed E-state index contributed by atoms with van der Waals surface area (Å²) in [5.74, 6) is 0.646. The minimum absolute atomic E-state index is 0.0140. The van der Waals surface area contributed by atoms with Crippen molar-refractivity contribution in [3.63, 3.8) is 0 Å². The van der Waals surface area contributed by atoms with Crippen LogP contribution in [-0.2, 0) is 4.74 Å². The smallest absolute Gasteiger partial charge is 0.410 e. The molecule has 0 bridgehead atoms. The van der Waals surface area contributed by atoms with E-state index in [1.54, 1.807) is 0 Å². The van der Waals surface area contributed by atoms with Gasteiger partial charge in [-0.15, -0.1) is 10.2 Å². The molecular weight excluding hydrogens is 296 g/mol. The molecule has 0 aliphatic carbocycles. The van der Waals surface area contributed by atoms with Crippen molar-refractivity contribution in [1.29, 1.82) is 0 Å². The molecule has 1 aliphatic heterocycles. The molecule has 0 spiro atoms. The second-order valence-electron chi connectivity index (χ2n) is 7.26. The first-order valence-corrected chi connectivity index (χ1v) is 8.25. The summed E-state index contributed by atoms with van der Waals surface area (Å²) in [6.07, 6.45) is 2.71. The predicted octanol–water partition coefficient (Wildman–Crippen LogP) is 2.03. The van der Waals surface area contributed by atoms with E-state index in [4.69, 9.17) is 4.74 Å². The van der Waals surface area contributed by atoms with Gasteiger partial charge in [-0.1, -0.05) is 5.21 Å². The number of nitrogens with one attached hydrogen (secondary N) is 2. The minimum atomic E-state index is -0.457. The van der Waals surface area contributed by atoms with E-state index in [2.05, 4.69) is 32.9 Å². The number of likely N-dealkylation sites (tertiary alicyclic amines) is 1. The number of tetrazole rings is 1. The lowest BCUT2D eigenvalue weighted by molar-refractivity contribution is 0.0214. The number of aromatic nitrogens is 4. The molecule has 2 heterocycles. The van der Waals surface area contributed by atoms with E-state index in [0.717, 1.165) is 25.8 Å². The molecule has 0 saturated carbocycles. The van der Waals surface area contributed by atoms with Gasteiger partial charge in [-0.3, -0.25) is 0 Å². The normalized spacial score (nSPS) is 21.3. The molecule has 3 unspecified atom stereocenters. The van der Waals surface area contributed by atoms with Crippen LogP contribution in [0.2, 0.25) is 0 Å². The molecule has 1 aromatic rings. The van der Waals surface area contributed by atoms with E-state index >= 15 is 0 Å². The zero-order chi connectivity index (χ0) is 17.0. The first-order chi connectivity index (χ1) is 10.8. The number of nitrogens with zero attached hydrogens (tertiary/aromatic N) is 4. The highest BCUT2D eigenvalue weighted by atomic mass is 16.6. The Kier molecular flexibility index (Phi) is 5.56. The number of hydrogen-bond acceptors (Lipinski definition) is 6. The van der Waals surface area contributed by atoms with Crippen LogP contribution in [0.25, 0.3) is 0 Å². The van der Waals surface area contributed by atoms with Crippen LogP contribution < -0.4 is 5.32 Å². The van der Waals surface area contributed by atoms with Gasteiger partial charge in [-0.25, -0.2) is 4.79 Å². The summed E-state index contributed by atoms with van der Waals surface area (Å²) in [6.45, 7) is 10.6. The highest BCUT2D eigenvalue weighted by Crippen LogP contribution is 2.24. The van der Waals surface area contributed by atoms with E-state index in [0.29, 0.717) is 5.82 Å². The van der Waals surface area contributed by atoms with E-state index < -0.39 is 5.60 Å². The van der Waals surface area contributed by atoms with Gasteiger partial charge in [0.05, 0.1) is 6.04 Å². The number of ether oxygens (including phenoxy) is 1. The Morgan fingerprint density at radius 3 is 2.83 bits per heavy atom. The second kappa shape index (κ2) is 7.25. The van der Waals surface area contributed by atoms with Crippen LogP contribution in [0, 0.1) is 0 Å². The average molecular weight is 324 g/mol. The molecule has 130 valence electrons. The zero-order valence-corrected chi connectivity index (χ0v) is 14.7. The maximum Gasteiger partial charge on any atom is 0.410 e. The summed E-state index contributed by atoms with van der Waals surface area (Å²) >= 11 is 0. The molecule has 2 rings (SSSR count). The van der Waals surface area contributed by atoms with Gasteiger partial charge in [0.1, 0.15) is 5.60 Å². The van der Waals surface area contributed by atoms with Crippen LogP contribution in [0.5, 0.6) is 0 Å². The van der Waals surface area contributed by atoms with Gasteiger partial charge in [0.25, 0.3) is 0 Å². The number of aromatic amines is 1. The Bertz CT molecular complexity index is 499. The van der Waals surface area contributed by atoms with Crippen LogP contribution in [-0.4, -0.2) is 55.8 Å². The largest absolute Gasteiger partial charge is 0.444 e. The highest BCUT2D eigenvalue weighted by Gasteiger charge is 2.33. The lowest BCUT2D eigenvalue weighted by Crippen LogP contribution is -2.43. The second-order valence-corrected chi connectivity index (χ2v) is 7.26. The number of amides is 1. The van der Waals surface area contributed by atoms with Gasteiger partial charge >= 0.3 is 6.09 Å². The van der Waals surface area contributed by atoms with Crippen LogP contribution in [0.3, 0.4) is 0 Å². The Balaban J connectivity index is 1.86. The molecule has 1 aromatic heterocycles. The number of rotatable bonds is 5. The average Bonchev–Trinajstić information content (AvgIpc) is 3.06. The van der Waals surface area contributed by atoms with Crippen molar-refractivity contribution in [2.24, 2.45) is 0 Å². The molecule has 23 heavy (non-hydrogen) atoms. The third-order valence-electron chi connectivity index (χ3n) is 3.91. The molecular formula is C15H28N6O2. The maximum absolute atomic E-state index is 12.3. The van der Waals surface area contributed by atoms with Gasteiger partial charge in [-0.05, 0) is 53.9 Å². The van der Waals surface area contributed by atoms with Gasteiger partial charge in [0.2, 0.25) is 0 Å². The van der Waals surface area contributed by atoms with Crippen molar-refractivity contribution in [2.75, 3.05) is 6.54 Å². The number of carbonyl (C=O) groups excluding carboxylic acids is 1. The number of H-pyrrole nitrogens is 1. The van der Waals surface area contributed by atoms with Gasteiger partial charge in [0.15, 0.2) is 5.82 Å². The molecule has 1 amide bonds. The summed E-state index contributed by atoms with van der Waals surface area (Å²) < 4.78 is 5.51. The lowest BCUT2D eigenvalue weighted by atomic mass is 10.1. The monoisotopic (exact) mass is 324 g/mol. The summed E-state index contributed by atoms with van der Waals surface area (Å²) in [6, 6.07) is 0.460. The first kappa shape index (κ1) is 17.7. The van der Waals surface area contributed by atoms with Crippen molar-refractivity contribution >= 4 is 6.09 Å². The standard InChI is InChI=1S/C15H28N6O2/c1-10(16-11(2)13-17-19-20-18-13)9-12-7-6-8-21(12)14(22)23-15(3,4)5/h10-12,16H,6-9H2,1-5H3,(H,17,18,19,20). The fourth-order valence-corrected chi connectivity index (χ4v) is 2.97. The van der Waals surface area contributed by atoms with Crippen molar-refractivity contribution < 1.29 is 9.53 Å². The van der Waals surface area contributed by atoms with Crippen LogP contribution in [0.4, 0.5) is 4.79 Å². The highest BCUT2D eigenvalue weighted by molar-refractivity contribution is 5.68. The molecule has 2 N–H and O–H groups in total. The summed E-state index contributed by atoms with van der Waals surface area (Å²) in [7, 11) is 0. The zero-order valence-electron chi connectivity index (χ0n) is 14.7. The fraction of sp³-hybridized carbons (Fsp3) is 0.867. The predicted molar refractivity (Wildman–Crippen MR) is 85.8 cm³/mol. The Labute approximate surface area is 137 Å². The maximum atomic E-state index is 12.3. The molecule has 1 aliphatic rings. The molecule has 1 fully saturated rings. The van der Waals surface area contributed by atoms with Gasteiger partial charge in [-0.2, -0.15) is 5.21 Å². The lowest BCUT2D eigenvalue weighted by Gasteiger charge is -2.30. The van der Waals surface area contributed by atoms with Crippen molar-refractivity contribution in [1.82, 2.24) is 30.8 Å². The first-order valence-electron chi connectivity index (χ1n) is 8.25. The van der Waals surface area contributed by atoms with Crippen molar-refractivity contribution in [3.8, 4) is 0 Å². The fourth-order valence-electron chi connectivity index (χ4n) is 2.97. The van der Waals surface area contributed by atoms with E-state index in [1.807, 2.05) is 32.6 Å². The molecule has 1 saturated heterocycles. The number of hydrogen-bond donors (Lipinski definition) is 2.